The molecule has 0 radical (unpaired) electrons. The molecule has 0 aliphatic carbocycles. The maximum atomic E-state index is 8.13. The Labute approximate surface area is 61.7 Å². The van der Waals surface area contributed by atoms with E-state index in [9.17, 15) is 0 Å². The summed E-state index contributed by atoms with van der Waals surface area (Å²) in [4.78, 5) is 0. The largest absolute Gasteiger partial charge is 0.309 e. The van der Waals surface area contributed by atoms with Crippen LogP contribution < -0.4 is 5.43 Å². The van der Waals surface area contributed by atoms with Crippen LogP contribution in [0.25, 0.3) is 0 Å². The summed E-state index contributed by atoms with van der Waals surface area (Å²) in [5.74, 6) is 0.467. The molecule has 0 aromatic heterocycles. The second-order valence-corrected chi connectivity index (χ2v) is 2.34. The zero-order valence-electron chi connectivity index (χ0n) is 6.46. The average Bonchev–Trinajstić information content (AvgIpc) is 1.87. The van der Waals surface area contributed by atoms with Gasteiger partial charge in [0.15, 0.2) is 0 Å². The van der Waals surface area contributed by atoms with Crippen molar-refractivity contribution in [2.24, 2.45) is 11.0 Å². The fraction of sp³-hybridized carbons (Fsp3) is 0.714. The summed E-state index contributed by atoms with van der Waals surface area (Å²) in [6.45, 7) is 4.74. The van der Waals surface area contributed by atoms with E-state index in [1.54, 1.807) is 0 Å². The predicted octanol–water partition coefficient (Wildman–Crippen LogP) is 1.13. The number of nitriles is 1. The van der Waals surface area contributed by atoms with E-state index in [0.717, 1.165) is 0 Å². The zero-order valence-corrected chi connectivity index (χ0v) is 6.46. The molecule has 0 amide bonds. The molecule has 0 fully saturated rings. The summed E-state index contributed by atoms with van der Waals surface area (Å²) < 4.78 is 0. The third kappa shape index (κ3) is 6.96. The van der Waals surface area contributed by atoms with E-state index < -0.39 is 0 Å². The van der Waals surface area contributed by atoms with Crippen LogP contribution in [0.1, 0.15) is 20.3 Å². The molecular formula is C7H13N3. The lowest BCUT2D eigenvalue weighted by Crippen LogP contribution is -2.07. The molecule has 0 aliphatic rings. The number of hydrogen-bond acceptors (Lipinski definition) is 3. The van der Waals surface area contributed by atoms with Crippen molar-refractivity contribution in [2.75, 3.05) is 6.54 Å². The molecule has 0 unspecified atom stereocenters. The smallest absolute Gasteiger partial charge is 0.0640 e. The van der Waals surface area contributed by atoms with Crippen molar-refractivity contribution < 1.29 is 0 Å². The lowest BCUT2D eigenvalue weighted by atomic mass is 10.3. The number of nitrogens with zero attached hydrogens (tertiary/aromatic N) is 2. The zero-order chi connectivity index (χ0) is 7.82. The molecule has 0 atom stereocenters. The average molecular weight is 139 g/mol. The van der Waals surface area contributed by atoms with Crippen LogP contribution in [0.5, 0.6) is 0 Å². The summed E-state index contributed by atoms with van der Waals surface area (Å²) in [6.07, 6.45) is 2.33. The van der Waals surface area contributed by atoms with Gasteiger partial charge in [-0.3, -0.25) is 0 Å². The van der Waals surface area contributed by atoms with Crippen molar-refractivity contribution >= 4 is 6.21 Å². The normalized spacial score (nSPS) is 10.2. The highest BCUT2D eigenvalue weighted by Crippen LogP contribution is 1.82. The lowest BCUT2D eigenvalue weighted by molar-refractivity contribution is 0.738. The first-order valence-corrected chi connectivity index (χ1v) is 3.40. The molecule has 0 saturated carbocycles. The van der Waals surface area contributed by atoms with Crippen LogP contribution in [0.4, 0.5) is 0 Å². The molecule has 3 nitrogen and oxygen atoms in total. The summed E-state index contributed by atoms with van der Waals surface area (Å²) in [6, 6.07) is 2.02. The van der Waals surface area contributed by atoms with Gasteiger partial charge in [-0.15, -0.1) is 0 Å². The molecular weight excluding hydrogens is 126 g/mol. The summed E-state index contributed by atoms with van der Waals surface area (Å²) >= 11 is 0. The van der Waals surface area contributed by atoms with Gasteiger partial charge in [0.2, 0.25) is 0 Å². The van der Waals surface area contributed by atoms with Crippen molar-refractivity contribution in [3.8, 4) is 6.07 Å². The number of hydrazone groups is 1. The van der Waals surface area contributed by atoms with Crippen molar-refractivity contribution in [3.63, 3.8) is 0 Å². The Bertz CT molecular complexity index is 132. The second-order valence-electron chi connectivity index (χ2n) is 2.34. The highest BCUT2D eigenvalue weighted by atomic mass is 15.3. The first-order chi connectivity index (χ1) is 4.77. The number of hydrogen-bond donors (Lipinski definition) is 1. The second kappa shape index (κ2) is 6.09. The van der Waals surface area contributed by atoms with E-state index in [1.165, 1.54) is 0 Å². The van der Waals surface area contributed by atoms with Crippen molar-refractivity contribution in [1.82, 2.24) is 5.43 Å². The van der Waals surface area contributed by atoms with Gasteiger partial charge in [0.1, 0.15) is 0 Å². The van der Waals surface area contributed by atoms with Gasteiger partial charge in [0.25, 0.3) is 0 Å². The fourth-order valence-corrected chi connectivity index (χ4v) is 0.378. The molecule has 0 aliphatic heterocycles. The number of rotatable bonds is 4. The maximum absolute atomic E-state index is 8.13. The molecule has 0 aromatic carbocycles. The first-order valence-electron chi connectivity index (χ1n) is 3.40. The van der Waals surface area contributed by atoms with Gasteiger partial charge >= 0.3 is 0 Å². The third-order valence-corrected chi connectivity index (χ3v) is 0.813. The van der Waals surface area contributed by atoms with Gasteiger partial charge in [0, 0.05) is 12.8 Å². The van der Waals surface area contributed by atoms with Crippen LogP contribution >= 0.6 is 0 Å². The Morgan fingerprint density at radius 1 is 1.70 bits per heavy atom. The van der Waals surface area contributed by atoms with Crippen LogP contribution in [0.2, 0.25) is 0 Å². The Kier molecular flexibility index (Phi) is 5.45. The van der Waals surface area contributed by atoms with E-state index in [0.29, 0.717) is 18.9 Å². The van der Waals surface area contributed by atoms with Crippen molar-refractivity contribution in [2.45, 2.75) is 20.3 Å². The summed E-state index contributed by atoms with van der Waals surface area (Å²) in [5, 5.41) is 12.0. The van der Waals surface area contributed by atoms with E-state index in [1.807, 2.05) is 12.3 Å². The van der Waals surface area contributed by atoms with Crippen molar-refractivity contribution in [1.29, 1.82) is 5.26 Å². The SMILES string of the molecule is CC(C)C=NNCCC#N. The Morgan fingerprint density at radius 2 is 2.40 bits per heavy atom. The molecule has 0 bridgehead atoms. The van der Waals surface area contributed by atoms with Crippen LogP contribution in [-0.2, 0) is 0 Å². The Morgan fingerprint density at radius 3 is 2.90 bits per heavy atom. The maximum Gasteiger partial charge on any atom is 0.0640 e. The molecule has 0 aromatic rings. The van der Waals surface area contributed by atoms with Gasteiger partial charge in [-0.05, 0) is 5.92 Å². The molecule has 10 heavy (non-hydrogen) atoms. The Balaban J connectivity index is 3.12. The van der Waals surface area contributed by atoms with Gasteiger partial charge in [-0.25, -0.2) is 0 Å². The van der Waals surface area contributed by atoms with Gasteiger partial charge < -0.3 is 5.43 Å². The van der Waals surface area contributed by atoms with E-state index in [2.05, 4.69) is 24.4 Å². The van der Waals surface area contributed by atoms with Gasteiger partial charge in [-0.1, -0.05) is 13.8 Å². The quantitative estimate of drug-likeness (QED) is 0.360. The molecule has 56 valence electrons. The minimum Gasteiger partial charge on any atom is -0.309 e. The first kappa shape index (κ1) is 8.96. The standard InChI is InChI=1S/C7H13N3/c1-7(2)6-10-9-5-3-4-8/h6-7,9H,3,5H2,1-2H3. The molecule has 0 rings (SSSR count). The van der Waals surface area contributed by atoms with Crippen LogP contribution in [-0.4, -0.2) is 12.8 Å². The molecule has 0 spiro atoms. The Hall–Kier alpha value is -1.04. The minimum absolute atomic E-state index is 0.467. The van der Waals surface area contributed by atoms with Crippen molar-refractivity contribution in [3.05, 3.63) is 0 Å². The monoisotopic (exact) mass is 139 g/mol. The van der Waals surface area contributed by atoms with Gasteiger partial charge in [0.05, 0.1) is 12.5 Å². The van der Waals surface area contributed by atoms with Crippen LogP contribution in [0.15, 0.2) is 5.10 Å². The topological polar surface area (TPSA) is 48.2 Å². The highest BCUT2D eigenvalue weighted by Gasteiger charge is 1.83. The van der Waals surface area contributed by atoms with Crippen LogP contribution in [0.3, 0.4) is 0 Å². The summed E-state index contributed by atoms with van der Waals surface area (Å²) in [7, 11) is 0. The fourth-order valence-electron chi connectivity index (χ4n) is 0.378. The van der Waals surface area contributed by atoms with E-state index in [4.69, 9.17) is 5.26 Å². The minimum atomic E-state index is 0.467. The molecule has 1 N–H and O–H groups in total. The molecule has 3 heteroatoms. The third-order valence-electron chi connectivity index (χ3n) is 0.813. The lowest BCUT2D eigenvalue weighted by Gasteiger charge is -1.94. The van der Waals surface area contributed by atoms with E-state index in [-0.39, 0.29) is 0 Å². The highest BCUT2D eigenvalue weighted by molar-refractivity contribution is 5.58. The predicted molar refractivity (Wildman–Crippen MR) is 41.6 cm³/mol. The molecule has 0 heterocycles. The van der Waals surface area contributed by atoms with Gasteiger partial charge in [-0.2, -0.15) is 10.4 Å². The number of nitrogens with one attached hydrogen (secondary N) is 1. The summed E-state index contributed by atoms with van der Waals surface area (Å²) in [5.41, 5.74) is 2.76. The van der Waals surface area contributed by atoms with Crippen LogP contribution in [0, 0.1) is 17.2 Å². The molecule has 0 saturated heterocycles. The van der Waals surface area contributed by atoms with E-state index >= 15 is 0 Å².